The van der Waals surface area contributed by atoms with Gasteiger partial charge in [-0.25, -0.2) is 0 Å². The first kappa shape index (κ1) is 9.22. The number of aliphatic hydroxyl groups is 1. The zero-order chi connectivity index (χ0) is 8.97. The molecule has 0 aliphatic heterocycles. The third kappa shape index (κ3) is 2.32. The fourth-order valence-corrected chi connectivity index (χ4v) is 1.47. The molecule has 4 heteroatoms. The van der Waals surface area contributed by atoms with Crippen LogP contribution in [0.4, 0.5) is 0 Å². The average Bonchev–Trinajstić information content (AvgIpc) is 2.07. The van der Waals surface area contributed by atoms with Crippen LogP contribution in [0.2, 0.25) is 0 Å². The first-order chi connectivity index (χ1) is 5.74. The predicted octanol–water partition coefficient (Wildman–Crippen LogP) is 1.21. The molecule has 0 atom stereocenters. The summed E-state index contributed by atoms with van der Waals surface area (Å²) in [6.07, 6.45) is 5.03. The third-order valence-corrected chi connectivity index (χ3v) is 2.33. The van der Waals surface area contributed by atoms with Crippen LogP contribution in [-0.2, 0) is 0 Å². The molecule has 0 spiro atoms. The van der Waals surface area contributed by atoms with Gasteiger partial charge in [-0.15, -0.1) is 11.8 Å². The molecule has 0 fully saturated rings. The van der Waals surface area contributed by atoms with Crippen LogP contribution in [-0.4, -0.2) is 28.9 Å². The first-order valence-electron chi connectivity index (χ1n) is 3.55. The lowest BCUT2D eigenvalue weighted by atomic mass is 10.1. The minimum absolute atomic E-state index is 0.140. The van der Waals surface area contributed by atoms with Crippen LogP contribution in [0.25, 0.3) is 0 Å². The Balaban J connectivity index is 2.57. The molecule has 0 amide bonds. The summed E-state index contributed by atoms with van der Waals surface area (Å²) in [7, 11) is 0. The summed E-state index contributed by atoms with van der Waals surface area (Å²) >= 11 is 1.49. The second-order valence-electron chi connectivity index (χ2n) is 2.28. The van der Waals surface area contributed by atoms with E-state index in [0.29, 0.717) is 5.75 Å². The Bertz CT molecular complexity index is 268. The Morgan fingerprint density at radius 3 is 2.58 bits per heavy atom. The van der Waals surface area contributed by atoms with Crippen molar-refractivity contribution in [2.75, 3.05) is 12.4 Å². The maximum absolute atomic E-state index is 8.55. The molecule has 3 nitrogen and oxygen atoms in total. The number of thioether (sulfide) groups is 1. The van der Waals surface area contributed by atoms with E-state index in [9.17, 15) is 0 Å². The quantitative estimate of drug-likeness (QED) is 0.574. The number of nitrogens with one attached hydrogen (secondary N) is 2. The van der Waals surface area contributed by atoms with E-state index >= 15 is 0 Å². The van der Waals surface area contributed by atoms with E-state index in [2.05, 4.69) is 0 Å². The largest absolute Gasteiger partial charge is 0.396 e. The average molecular weight is 182 g/mol. The second-order valence-corrected chi connectivity index (χ2v) is 3.45. The van der Waals surface area contributed by atoms with Crippen LogP contribution in [0, 0.1) is 10.8 Å². The predicted molar refractivity (Wildman–Crippen MR) is 52.2 cm³/mol. The summed E-state index contributed by atoms with van der Waals surface area (Å²) in [4.78, 5) is 0.935. The standard InChI is InChI=1S/C8H10N2OS/c9-7-2-1-6(5-8(7)10)12-4-3-11/h1-2,5,9-11H,3-4H2. The molecule has 12 heavy (non-hydrogen) atoms. The minimum Gasteiger partial charge on any atom is -0.396 e. The van der Waals surface area contributed by atoms with E-state index < -0.39 is 0 Å². The number of allylic oxidation sites excluding steroid dienone is 3. The minimum atomic E-state index is 0.140. The fourth-order valence-electron chi connectivity index (χ4n) is 0.777. The van der Waals surface area contributed by atoms with Gasteiger partial charge < -0.3 is 5.11 Å². The maximum Gasteiger partial charge on any atom is 0.0800 e. The molecule has 64 valence electrons. The molecule has 0 aromatic carbocycles. The molecule has 1 aliphatic carbocycles. The van der Waals surface area contributed by atoms with Gasteiger partial charge in [0.15, 0.2) is 0 Å². The van der Waals surface area contributed by atoms with Crippen molar-refractivity contribution in [3.63, 3.8) is 0 Å². The molecule has 0 bridgehead atoms. The van der Waals surface area contributed by atoms with Gasteiger partial charge in [0.1, 0.15) is 0 Å². The summed E-state index contributed by atoms with van der Waals surface area (Å²) in [5, 5.41) is 23.1. The van der Waals surface area contributed by atoms with E-state index in [1.165, 1.54) is 11.8 Å². The van der Waals surface area contributed by atoms with E-state index in [1.807, 2.05) is 0 Å². The smallest absolute Gasteiger partial charge is 0.0800 e. The van der Waals surface area contributed by atoms with Gasteiger partial charge in [-0.3, -0.25) is 10.8 Å². The van der Waals surface area contributed by atoms with Crippen molar-refractivity contribution in [1.82, 2.24) is 0 Å². The molecule has 0 saturated heterocycles. The second kappa shape index (κ2) is 4.23. The summed E-state index contributed by atoms with van der Waals surface area (Å²) in [5.74, 6) is 0.636. The van der Waals surface area contributed by atoms with Crippen LogP contribution in [0.3, 0.4) is 0 Å². The molecule has 0 unspecified atom stereocenters. The first-order valence-corrected chi connectivity index (χ1v) is 4.53. The van der Waals surface area contributed by atoms with Crippen LogP contribution in [0.5, 0.6) is 0 Å². The van der Waals surface area contributed by atoms with Gasteiger partial charge in [0, 0.05) is 10.7 Å². The zero-order valence-electron chi connectivity index (χ0n) is 6.50. The SMILES string of the molecule is N=C1C=CC(SCCO)=CC1=N. The lowest BCUT2D eigenvalue weighted by Gasteiger charge is -2.06. The Labute approximate surface area is 75.2 Å². The van der Waals surface area contributed by atoms with Crippen LogP contribution in [0.1, 0.15) is 0 Å². The van der Waals surface area contributed by atoms with Gasteiger partial charge in [0.2, 0.25) is 0 Å². The molecule has 3 N–H and O–H groups in total. The lowest BCUT2D eigenvalue weighted by Crippen LogP contribution is -2.09. The van der Waals surface area contributed by atoms with Crippen molar-refractivity contribution in [2.45, 2.75) is 0 Å². The van der Waals surface area contributed by atoms with Gasteiger partial charge >= 0.3 is 0 Å². The van der Waals surface area contributed by atoms with Gasteiger partial charge in [-0.2, -0.15) is 0 Å². The van der Waals surface area contributed by atoms with Crippen LogP contribution < -0.4 is 0 Å². The molecule has 0 saturated carbocycles. The molecule has 0 aromatic rings. The van der Waals surface area contributed by atoms with E-state index in [-0.39, 0.29) is 18.0 Å². The molecule has 1 rings (SSSR count). The molecule has 0 radical (unpaired) electrons. The molecule has 0 aromatic heterocycles. The van der Waals surface area contributed by atoms with Gasteiger partial charge in [-0.05, 0) is 18.2 Å². The van der Waals surface area contributed by atoms with Crippen molar-refractivity contribution in [1.29, 1.82) is 10.8 Å². The van der Waals surface area contributed by atoms with E-state index in [0.717, 1.165) is 4.91 Å². The van der Waals surface area contributed by atoms with Crippen LogP contribution >= 0.6 is 11.8 Å². The van der Waals surface area contributed by atoms with Crippen molar-refractivity contribution >= 4 is 23.2 Å². The van der Waals surface area contributed by atoms with Gasteiger partial charge in [0.05, 0.1) is 18.0 Å². The number of hydrogen-bond donors (Lipinski definition) is 3. The zero-order valence-corrected chi connectivity index (χ0v) is 7.32. The number of hydrogen-bond acceptors (Lipinski definition) is 4. The highest BCUT2D eigenvalue weighted by atomic mass is 32.2. The van der Waals surface area contributed by atoms with Gasteiger partial charge in [-0.1, -0.05) is 0 Å². The third-order valence-electron chi connectivity index (χ3n) is 1.35. The number of aliphatic hydroxyl groups excluding tert-OH is 1. The molecular weight excluding hydrogens is 172 g/mol. The normalized spacial score (nSPS) is 16.6. The molecule has 1 aliphatic rings. The van der Waals surface area contributed by atoms with Crippen molar-refractivity contribution in [3.05, 3.63) is 23.1 Å². The summed E-state index contributed by atoms with van der Waals surface area (Å²) in [6.45, 7) is 0.140. The number of rotatable bonds is 3. The van der Waals surface area contributed by atoms with E-state index in [4.69, 9.17) is 15.9 Å². The summed E-state index contributed by atoms with van der Waals surface area (Å²) < 4.78 is 0. The van der Waals surface area contributed by atoms with E-state index in [1.54, 1.807) is 18.2 Å². The monoisotopic (exact) mass is 182 g/mol. The Kier molecular flexibility index (Phi) is 3.25. The fraction of sp³-hybridized carbons (Fsp3) is 0.250. The topological polar surface area (TPSA) is 67.9 Å². The Morgan fingerprint density at radius 1 is 1.25 bits per heavy atom. The van der Waals surface area contributed by atoms with Crippen molar-refractivity contribution in [3.8, 4) is 0 Å². The van der Waals surface area contributed by atoms with Gasteiger partial charge in [0.25, 0.3) is 0 Å². The highest BCUT2D eigenvalue weighted by molar-refractivity contribution is 8.03. The highest BCUT2D eigenvalue weighted by Crippen LogP contribution is 2.19. The maximum atomic E-state index is 8.55. The highest BCUT2D eigenvalue weighted by Gasteiger charge is 2.05. The van der Waals surface area contributed by atoms with Crippen molar-refractivity contribution in [2.24, 2.45) is 0 Å². The van der Waals surface area contributed by atoms with Crippen molar-refractivity contribution < 1.29 is 5.11 Å². The van der Waals surface area contributed by atoms with Crippen LogP contribution in [0.15, 0.2) is 23.1 Å². The summed E-state index contributed by atoms with van der Waals surface area (Å²) in [5.41, 5.74) is 0.473. The molecule has 0 heterocycles. The Hall–Kier alpha value is -0.870. The lowest BCUT2D eigenvalue weighted by molar-refractivity contribution is 0.322. The Morgan fingerprint density at radius 2 is 2.00 bits per heavy atom. The molecular formula is C8H10N2OS. The summed E-state index contributed by atoms with van der Waals surface area (Å²) in [6, 6.07) is 0.